The Labute approximate surface area is 84.3 Å². The topological polar surface area (TPSA) is 52.6 Å². The van der Waals surface area contributed by atoms with E-state index in [1.54, 1.807) is 0 Å². The standard InChI is InChI=1S/C10H18N2O2/c13-6-9(14)12-5-1-2-10(8-12)3-4-11-7-10/h11,13H,1-8H2/t10-/m0/s1. The SMILES string of the molecule is O=C(CO)N1CCC[C@@]2(CCNC2)C1. The average molecular weight is 198 g/mol. The number of aliphatic hydroxyl groups excluding tert-OH is 1. The fourth-order valence-corrected chi connectivity index (χ4v) is 2.66. The number of hydrogen-bond donors (Lipinski definition) is 2. The maximum atomic E-state index is 11.4. The molecule has 2 saturated heterocycles. The molecule has 14 heavy (non-hydrogen) atoms. The molecule has 2 aliphatic heterocycles. The van der Waals surface area contributed by atoms with Gasteiger partial charge >= 0.3 is 0 Å². The van der Waals surface area contributed by atoms with E-state index in [-0.39, 0.29) is 12.5 Å². The van der Waals surface area contributed by atoms with Gasteiger partial charge in [-0.3, -0.25) is 4.79 Å². The van der Waals surface area contributed by atoms with Gasteiger partial charge in [0.05, 0.1) is 0 Å². The molecule has 0 radical (unpaired) electrons. The number of carbonyl (C=O) groups is 1. The van der Waals surface area contributed by atoms with Crippen LogP contribution in [0, 0.1) is 5.41 Å². The maximum Gasteiger partial charge on any atom is 0.248 e. The molecule has 2 N–H and O–H groups in total. The number of rotatable bonds is 1. The first-order valence-corrected chi connectivity index (χ1v) is 5.35. The van der Waals surface area contributed by atoms with Gasteiger partial charge < -0.3 is 15.3 Å². The summed E-state index contributed by atoms with van der Waals surface area (Å²) in [5.41, 5.74) is 0.309. The summed E-state index contributed by atoms with van der Waals surface area (Å²) in [4.78, 5) is 13.2. The summed E-state index contributed by atoms with van der Waals surface area (Å²) in [6.07, 6.45) is 3.46. The number of aliphatic hydroxyl groups is 1. The van der Waals surface area contributed by atoms with Crippen molar-refractivity contribution in [2.75, 3.05) is 32.8 Å². The highest BCUT2D eigenvalue weighted by Crippen LogP contribution is 2.35. The lowest BCUT2D eigenvalue weighted by Crippen LogP contribution is -2.47. The molecule has 2 fully saturated rings. The third-order valence-corrected chi connectivity index (χ3v) is 3.48. The minimum absolute atomic E-state index is 0.115. The Kier molecular flexibility index (Phi) is 2.74. The normalized spacial score (nSPS) is 32.5. The van der Waals surface area contributed by atoms with Crippen LogP contribution in [-0.4, -0.2) is 48.7 Å². The van der Waals surface area contributed by atoms with Gasteiger partial charge in [-0.15, -0.1) is 0 Å². The summed E-state index contributed by atoms with van der Waals surface area (Å²) in [6, 6.07) is 0. The van der Waals surface area contributed by atoms with Gasteiger partial charge in [-0.25, -0.2) is 0 Å². The molecule has 0 aliphatic carbocycles. The first-order valence-electron chi connectivity index (χ1n) is 5.35. The van der Waals surface area contributed by atoms with Crippen molar-refractivity contribution in [3.8, 4) is 0 Å². The number of likely N-dealkylation sites (tertiary alicyclic amines) is 1. The predicted octanol–water partition coefficient (Wildman–Crippen LogP) is -0.419. The molecule has 0 aromatic carbocycles. The van der Waals surface area contributed by atoms with Crippen LogP contribution in [0.5, 0.6) is 0 Å². The molecule has 0 unspecified atom stereocenters. The predicted molar refractivity (Wildman–Crippen MR) is 52.8 cm³/mol. The number of carbonyl (C=O) groups excluding carboxylic acids is 1. The van der Waals surface area contributed by atoms with E-state index in [9.17, 15) is 4.79 Å². The van der Waals surface area contributed by atoms with Crippen LogP contribution in [0.4, 0.5) is 0 Å². The Hall–Kier alpha value is -0.610. The first kappa shape index (κ1) is 9.93. The number of amides is 1. The second kappa shape index (κ2) is 3.87. The van der Waals surface area contributed by atoms with E-state index < -0.39 is 0 Å². The van der Waals surface area contributed by atoms with Crippen LogP contribution in [0.3, 0.4) is 0 Å². The third-order valence-electron chi connectivity index (χ3n) is 3.48. The van der Waals surface area contributed by atoms with Crippen LogP contribution in [0.15, 0.2) is 0 Å². The van der Waals surface area contributed by atoms with Gasteiger partial charge in [-0.2, -0.15) is 0 Å². The Morgan fingerprint density at radius 1 is 1.50 bits per heavy atom. The van der Waals surface area contributed by atoms with Crippen LogP contribution in [0.2, 0.25) is 0 Å². The van der Waals surface area contributed by atoms with Gasteiger partial charge in [0.25, 0.3) is 0 Å². The van der Waals surface area contributed by atoms with Crippen molar-refractivity contribution in [1.29, 1.82) is 0 Å². The molecule has 0 bridgehead atoms. The molecular formula is C10H18N2O2. The first-order chi connectivity index (χ1) is 6.76. The minimum Gasteiger partial charge on any atom is -0.387 e. The van der Waals surface area contributed by atoms with Crippen LogP contribution >= 0.6 is 0 Å². The average Bonchev–Trinajstić information content (AvgIpc) is 2.65. The summed E-state index contributed by atoms with van der Waals surface area (Å²) >= 11 is 0. The monoisotopic (exact) mass is 198 g/mol. The molecule has 2 heterocycles. The van der Waals surface area contributed by atoms with Crippen molar-refractivity contribution in [3.63, 3.8) is 0 Å². The zero-order valence-electron chi connectivity index (χ0n) is 8.46. The molecule has 0 saturated carbocycles. The fraction of sp³-hybridized carbons (Fsp3) is 0.900. The maximum absolute atomic E-state index is 11.4. The largest absolute Gasteiger partial charge is 0.387 e. The van der Waals surface area contributed by atoms with Crippen molar-refractivity contribution in [3.05, 3.63) is 0 Å². The molecule has 4 nitrogen and oxygen atoms in total. The highest BCUT2D eigenvalue weighted by molar-refractivity contribution is 5.77. The van der Waals surface area contributed by atoms with Crippen LogP contribution in [0.1, 0.15) is 19.3 Å². The van der Waals surface area contributed by atoms with Gasteiger partial charge in [-0.1, -0.05) is 0 Å². The number of nitrogens with one attached hydrogen (secondary N) is 1. The molecule has 1 spiro atoms. The number of hydrogen-bond acceptors (Lipinski definition) is 3. The van der Waals surface area contributed by atoms with E-state index in [4.69, 9.17) is 5.11 Å². The summed E-state index contributed by atoms with van der Waals surface area (Å²) in [7, 11) is 0. The molecule has 1 amide bonds. The molecule has 4 heteroatoms. The number of nitrogens with zero attached hydrogens (tertiary/aromatic N) is 1. The van der Waals surface area contributed by atoms with E-state index in [1.165, 1.54) is 12.8 Å². The van der Waals surface area contributed by atoms with Crippen molar-refractivity contribution >= 4 is 5.91 Å². The minimum atomic E-state index is -0.344. The molecule has 80 valence electrons. The third kappa shape index (κ3) is 1.77. The molecule has 2 aliphatic rings. The second-order valence-corrected chi connectivity index (χ2v) is 4.50. The van der Waals surface area contributed by atoms with Crippen LogP contribution < -0.4 is 5.32 Å². The highest BCUT2D eigenvalue weighted by Gasteiger charge is 2.38. The smallest absolute Gasteiger partial charge is 0.248 e. The lowest BCUT2D eigenvalue weighted by Gasteiger charge is -2.39. The molecule has 2 rings (SSSR count). The Bertz CT molecular complexity index is 224. The van der Waals surface area contributed by atoms with Gasteiger partial charge in [0.15, 0.2) is 0 Å². The van der Waals surface area contributed by atoms with E-state index in [1.807, 2.05) is 4.90 Å². The van der Waals surface area contributed by atoms with Crippen molar-refractivity contribution in [2.24, 2.45) is 5.41 Å². The quantitative estimate of drug-likeness (QED) is 0.602. The van der Waals surface area contributed by atoms with Gasteiger partial charge in [0.2, 0.25) is 5.91 Å². The van der Waals surface area contributed by atoms with Crippen molar-refractivity contribution < 1.29 is 9.90 Å². The Morgan fingerprint density at radius 3 is 3.00 bits per heavy atom. The van der Waals surface area contributed by atoms with Crippen molar-refractivity contribution in [1.82, 2.24) is 10.2 Å². The lowest BCUT2D eigenvalue weighted by atomic mass is 9.79. The molecule has 1 atom stereocenters. The summed E-state index contributed by atoms with van der Waals surface area (Å²) < 4.78 is 0. The van der Waals surface area contributed by atoms with Crippen molar-refractivity contribution in [2.45, 2.75) is 19.3 Å². The Balaban J connectivity index is 1.99. The summed E-state index contributed by atoms with van der Waals surface area (Å²) in [6.45, 7) is 3.41. The lowest BCUT2D eigenvalue weighted by molar-refractivity contribution is -0.137. The van der Waals surface area contributed by atoms with Gasteiger partial charge in [0, 0.05) is 25.0 Å². The van der Waals surface area contributed by atoms with Gasteiger partial charge in [-0.05, 0) is 25.8 Å². The van der Waals surface area contributed by atoms with Gasteiger partial charge in [0.1, 0.15) is 6.61 Å². The van der Waals surface area contributed by atoms with E-state index in [0.29, 0.717) is 5.41 Å². The highest BCUT2D eigenvalue weighted by atomic mass is 16.3. The summed E-state index contributed by atoms with van der Waals surface area (Å²) in [5.74, 6) is -0.115. The van der Waals surface area contributed by atoms with E-state index >= 15 is 0 Å². The van der Waals surface area contributed by atoms with Crippen LogP contribution in [-0.2, 0) is 4.79 Å². The fourth-order valence-electron chi connectivity index (χ4n) is 2.66. The molecular weight excluding hydrogens is 180 g/mol. The molecule has 0 aromatic rings. The second-order valence-electron chi connectivity index (χ2n) is 4.50. The Morgan fingerprint density at radius 2 is 2.36 bits per heavy atom. The zero-order valence-corrected chi connectivity index (χ0v) is 8.46. The van der Waals surface area contributed by atoms with E-state index in [2.05, 4.69) is 5.32 Å². The van der Waals surface area contributed by atoms with E-state index in [0.717, 1.165) is 32.6 Å². The molecule has 0 aromatic heterocycles. The number of piperidine rings is 1. The van der Waals surface area contributed by atoms with Crippen LogP contribution in [0.25, 0.3) is 0 Å². The zero-order chi connectivity index (χ0) is 10.0. The summed E-state index contributed by atoms with van der Waals surface area (Å²) in [5, 5.41) is 12.2.